The number of aliphatic carboxylic acids is 1. The molecular weight excluding hydrogens is 282 g/mol. The number of hydrogen-bond donors (Lipinski definition) is 2. The van der Waals surface area contributed by atoms with Crippen molar-refractivity contribution in [1.29, 1.82) is 0 Å². The summed E-state index contributed by atoms with van der Waals surface area (Å²) in [5.74, 6) is 0.843. The molecule has 0 atom stereocenters. The molecule has 8 nitrogen and oxygen atoms in total. The smallest absolute Gasteiger partial charge is 0.329 e. The van der Waals surface area contributed by atoms with E-state index in [2.05, 4.69) is 16.0 Å². The molecular formula is C13H21NO7. The Morgan fingerprint density at radius 1 is 0.952 bits per heavy atom. The summed E-state index contributed by atoms with van der Waals surface area (Å²) in [6.45, 7) is 1.87. The highest BCUT2D eigenvalue weighted by molar-refractivity contribution is 5.77. The van der Waals surface area contributed by atoms with Crippen LogP contribution < -0.4 is 5.32 Å². The quantitative estimate of drug-likeness (QED) is 0.310. The van der Waals surface area contributed by atoms with Crippen molar-refractivity contribution in [2.45, 2.75) is 0 Å². The lowest BCUT2D eigenvalue weighted by atomic mass is 10.6. The summed E-state index contributed by atoms with van der Waals surface area (Å²) in [5.41, 5.74) is 0. The van der Waals surface area contributed by atoms with Crippen LogP contribution in [-0.4, -0.2) is 76.4 Å². The normalized spacial score (nSPS) is 10.0. The summed E-state index contributed by atoms with van der Waals surface area (Å²) < 4.78 is 20.0. The Kier molecular flexibility index (Phi) is 13.6. The Hall–Kier alpha value is -1.66. The average molecular weight is 303 g/mol. The number of hydrogen-bond acceptors (Lipinski definition) is 6. The van der Waals surface area contributed by atoms with Crippen molar-refractivity contribution in [2.24, 2.45) is 0 Å². The van der Waals surface area contributed by atoms with Crippen LogP contribution in [0.5, 0.6) is 0 Å². The Balaban J connectivity index is 3.16. The molecule has 0 aliphatic rings. The predicted octanol–water partition coefficient (Wildman–Crippen LogP) is -1.11. The number of carbonyl (C=O) groups is 2. The lowest BCUT2D eigenvalue weighted by molar-refractivity contribution is -0.143. The van der Waals surface area contributed by atoms with Gasteiger partial charge in [-0.2, -0.15) is 0 Å². The zero-order valence-corrected chi connectivity index (χ0v) is 11.8. The zero-order chi connectivity index (χ0) is 15.8. The first-order valence-electron chi connectivity index (χ1n) is 6.39. The van der Waals surface area contributed by atoms with Gasteiger partial charge in [0, 0.05) is 6.54 Å². The van der Waals surface area contributed by atoms with Gasteiger partial charge in [-0.25, -0.2) is 4.79 Å². The van der Waals surface area contributed by atoms with Gasteiger partial charge < -0.3 is 29.4 Å². The maximum absolute atomic E-state index is 11.1. The highest BCUT2D eigenvalue weighted by Gasteiger charge is 2.02. The number of carboxylic acids is 1. The first kappa shape index (κ1) is 19.3. The van der Waals surface area contributed by atoms with Gasteiger partial charge >= 0.3 is 5.97 Å². The third-order valence-electron chi connectivity index (χ3n) is 1.96. The Morgan fingerprint density at radius 3 is 2.19 bits per heavy atom. The molecule has 1 amide bonds. The molecule has 8 heteroatoms. The highest BCUT2D eigenvalue weighted by Crippen LogP contribution is 1.81. The van der Waals surface area contributed by atoms with Crippen LogP contribution in [0.4, 0.5) is 0 Å². The Bertz CT molecular complexity index is 327. The van der Waals surface area contributed by atoms with Crippen molar-refractivity contribution in [2.75, 3.05) is 59.4 Å². The van der Waals surface area contributed by atoms with Crippen LogP contribution in [0, 0.1) is 12.3 Å². The van der Waals surface area contributed by atoms with Crippen LogP contribution in [0.2, 0.25) is 0 Å². The van der Waals surface area contributed by atoms with Gasteiger partial charge in [-0.3, -0.25) is 4.79 Å². The van der Waals surface area contributed by atoms with Crippen LogP contribution in [-0.2, 0) is 28.5 Å². The van der Waals surface area contributed by atoms with Crippen LogP contribution >= 0.6 is 0 Å². The summed E-state index contributed by atoms with van der Waals surface area (Å²) in [6, 6.07) is 0. The summed E-state index contributed by atoms with van der Waals surface area (Å²) in [5, 5.41) is 10.8. The van der Waals surface area contributed by atoms with E-state index in [1.807, 2.05) is 0 Å². The SMILES string of the molecule is C#CCOCCOCCOCCNC(=O)COCC(=O)O. The number of nitrogens with one attached hydrogen (secondary N) is 1. The van der Waals surface area contributed by atoms with E-state index in [0.717, 1.165) is 0 Å². The number of amides is 1. The van der Waals surface area contributed by atoms with E-state index >= 15 is 0 Å². The van der Waals surface area contributed by atoms with Gasteiger partial charge in [0.15, 0.2) is 0 Å². The van der Waals surface area contributed by atoms with E-state index in [-0.39, 0.29) is 19.1 Å². The predicted molar refractivity (Wildman–Crippen MR) is 72.8 cm³/mol. The van der Waals surface area contributed by atoms with E-state index in [0.29, 0.717) is 39.6 Å². The Morgan fingerprint density at radius 2 is 1.57 bits per heavy atom. The number of carboxylic acid groups (broad SMARTS) is 1. The van der Waals surface area contributed by atoms with Crippen molar-refractivity contribution in [3.05, 3.63) is 0 Å². The third-order valence-corrected chi connectivity index (χ3v) is 1.96. The van der Waals surface area contributed by atoms with Crippen LogP contribution in [0.3, 0.4) is 0 Å². The fraction of sp³-hybridized carbons (Fsp3) is 0.692. The molecule has 0 aliphatic heterocycles. The summed E-state index contributed by atoms with van der Waals surface area (Å²) in [6.07, 6.45) is 5.00. The van der Waals surface area contributed by atoms with E-state index in [1.165, 1.54) is 0 Å². The van der Waals surface area contributed by atoms with Gasteiger partial charge in [0.25, 0.3) is 0 Å². The summed E-state index contributed by atoms with van der Waals surface area (Å²) in [7, 11) is 0. The maximum Gasteiger partial charge on any atom is 0.329 e. The molecule has 0 saturated carbocycles. The molecule has 0 radical (unpaired) electrons. The highest BCUT2D eigenvalue weighted by atomic mass is 16.5. The molecule has 0 unspecified atom stereocenters. The summed E-state index contributed by atoms with van der Waals surface area (Å²) >= 11 is 0. The molecule has 0 fully saturated rings. The van der Waals surface area contributed by atoms with Crippen molar-refractivity contribution >= 4 is 11.9 Å². The minimum absolute atomic E-state index is 0.274. The molecule has 0 aromatic carbocycles. The van der Waals surface area contributed by atoms with E-state index in [1.54, 1.807) is 0 Å². The van der Waals surface area contributed by atoms with Crippen LogP contribution in [0.25, 0.3) is 0 Å². The molecule has 0 spiro atoms. The van der Waals surface area contributed by atoms with Gasteiger partial charge in [0.2, 0.25) is 5.91 Å². The summed E-state index contributed by atoms with van der Waals surface area (Å²) in [4.78, 5) is 21.3. The average Bonchev–Trinajstić information content (AvgIpc) is 2.44. The molecule has 0 saturated heterocycles. The second-order valence-electron chi connectivity index (χ2n) is 3.72. The number of ether oxygens (including phenoxy) is 4. The zero-order valence-electron chi connectivity index (χ0n) is 11.8. The monoisotopic (exact) mass is 303 g/mol. The largest absolute Gasteiger partial charge is 0.480 e. The molecule has 21 heavy (non-hydrogen) atoms. The maximum atomic E-state index is 11.1. The van der Waals surface area contributed by atoms with E-state index in [4.69, 9.17) is 25.7 Å². The fourth-order valence-electron chi connectivity index (χ4n) is 1.12. The van der Waals surface area contributed by atoms with Crippen molar-refractivity contribution in [1.82, 2.24) is 5.32 Å². The van der Waals surface area contributed by atoms with Crippen molar-refractivity contribution < 1.29 is 33.6 Å². The molecule has 2 N–H and O–H groups in total. The molecule has 0 bridgehead atoms. The number of carbonyl (C=O) groups excluding carboxylic acids is 1. The van der Waals surface area contributed by atoms with Crippen LogP contribution in [0.1, 0.15) is 0 Å². The minimum Gasteiger partial charge on any atom is -0.480 e. The van der Waals surface area contributed by atoms with Crippen molar-refractivity contribution in [3.63, 3.8) is 0 Å². The van der Waals surface area contributed by atoms with Gasteiger partial charge in [-0.05, 0) is 0 Å². The fourth-order valence-corrected chi connectivity index (χ4v) is 1.12. The van der Waals surface area contributed by atoms with Crippen molar-refractivity contribution in [3.8, 4) is 12.3 Å². The lowest BCUT2D eigenvalue weighted by Gasteiger charge is -2.07. The second kappa shape index (κ2) is 14.7. The molecule has 0 rings (SSSR count). The molecule has 120 valence electrons. The first-order chi connectivity index (χ1) is 10.2. The third kappa shape index (κ3) is 16.3. The van der Waals surface area contributed by atoms with Crippen LogP contribution in [0.15, 0.2) is 0 Å². The standard InChI is InChI=1S/C13H21NO7/c1-2-4-18-6-8-20-9-7-19-5-3-14-12(15)10-21-11-13(16)17/h1H,3-11H2,(H,14,15)(H,16,17). The first-order valence-corrected chi connectivity index (χ1v) is 6.39. The van der Waals surface area contributed by atoms with Gasteiger partial charge in [-0.1, -0.05) is 5.92 Å². The lowest BCUT2D eigenvalue weighted by Crippen LogP contribution is -2.31. The topological polar surface area (TPSA) is 103 Å². The van der Waals surface area contributed by atoms with E-state index < -0.39 is 12.6 Å². The van der Waals surface area contributed by atoms with Gasteiger partial charge in [0.1, 0.15) is 19.8 Å². The molecule has 0 heterocycles. The van der Waals surface area contributed by atoms with Gasteiger partial charge in [0.05, 0.1) is 33.0 Å². The number of rotatable bonds is 14. The Labute approximate surface area is 123 Å². The van der Waals surface area contributed by atoms with E-state index in [9.17, 15) is 9.59 Å². The molecule has 0 aromatic heterocycles. The minimum atomic E-state index is -1.11. The van der Waals surface area contributed by atoms with Gasteiger partial charge in [-0.15, -0.1) is 6.42 Å². The second-order valence-corrected chi connectivity index (χ2v) is 3.72. The molecule has 0 aromatic rings. The number of terminal acetylenes is 1. The molecule has 0 aliphatic carbocycles.